The molecule has 3 fully saturated rings. The molecule has 0 saturated carbocycles. The number of ether oxygens (including phenoxy) is 1. The minimum Gasteiger partial charge on any atom is -0.479 e. The number of nitrogens with one attached hydrogen (secondary N) is 1. The van der Waals surface area contributed by atoms with Gasteiger partial charge in [0, 0.05) is 13.1 Å². The van der Waals surface area contributed by atoms with Crippen molar-refractivity contribution >= 4 is 17.8 Å². The van der Waals surface area contributed by atoms with Gasteiger partial charge < -0.3 is 20.1 Å². The molecule has 0 aromatic rings. The highest BCUT2D eigenvalue weighted by molar-refractivity contribution is 5.87. The minimum absolute atomic E-state index is 0.0169. The Kier molecular flexibility index (Phi) is 3.37. The molecule has 7 nitrogen and oxygen atoms in total. The van der Waals surface area contributed by atoms with E-state index in [1.54, 1.807) is 4.90 Å². The molecule has 0 aliphatic carbocycles. The van der Waals surface area contributed by atoms with Crippen LogP contribution in [0.25, 0.3) is 0 Å². The van der Waals surface area contributed by atoms with Gasteiger partial charge in [0.25, 0.3) is 5.91 Å². The maximum atomic E-state index is 12.5. The number of carbonyl (C=O) groups is 3. The average Bonchev–Trinajstić information content (AvgIpc) is 3.05. The predicted molar refractivity (Wildman–Crippen MR) is 66.8 cm³/mol. The Morgan fingerprint density at radius 2 is 2.00 bits per heavy atom. The van der Waals surface area contributed by atoms with Crippen LogP contribution >= 0.6 is 0 Å². The fourth-order valence-corrected chi connectivity index (χ4v) is 3.41. The third-order valence-corrected chi connectivity index (χ3v) is 4.45. The van der Waals surface area contributed by atoms with Gasteiger partial charge in [-0.1, -0.05) is 0 Å². The van der Waals surface area contributed by atoms with Crippen molar-refractivity contribution in [3.63, 3.8) is 0 Å². The van der Waals surface area contributed by atoms with Crippen molar-refractivity contribution in [2.75, 3.05) is 13.1 Å². The minimum atomic E-state index is -1.02. The zero-order valence-electron chi connectivity index (χ0n) is 11.1. The first-order valence-corrected chi connectivity index (χ1v) is 7.04. The van der Waals surface area contributed by atoms with Crippen LogP contribution in [0.5, 0.6) is 0 Å². The standard InChI is InChI=1S/C13H18N2O5/c16-11-7-2-1-5-15(8(7)6-14-11)12(17)9-3-4-10(20-9)13(18)19/h7-10H,1-6H2,(H,14,16)(H,18,19)/t7?,8?,9-,10+/m0/s1. The number of nitrogens with zero attached hydrogens (tertiary/aromatic N) is 1. The van der Waals surface area contributed by atoms with Crippen LogP contribution in [0.3, 0.4) is 0 Å². The molecule has 3 aliphatic rings. The molecule has 0 radical (unpaired) electrons. The lowest BCUT2D eigenvalue weighted by Crippen LogP contribution is -2.52. The Labute approximate surface area is 116 Å². The molecule has 7 heteroatoms. The lowest BCUT2D eigenvalue weighted by atomic mass is 9.91. The number of carbonyl (C=O) groups excluding carboxylic acids is 2. The van der Waals surface area contributed by atoms with Gasteiger partial charge in [-0.2, -0.15) is 0 Å². The molecule has 3 heterocycles. The van der Waals surface area contributed by atoms with Gasteiger partial charge in [-0.25, -0.2) is 4.79 Å². The largest absolute Gasteiger partial charge is 0.479 e. The Morgan fingerprint density at radius 3 is 2.70 bits per heavy atom. The van der Waals surface area contributed by atoms with Gasteiger partial charge in [-0.3, -0.25) is 9.59 Å². The molecule has 110 valence electrons. The Morgan fingerprint density at radius 1 is 1.25 bits per heavy atom. The third-order valence-electron chi connectivity index (χ3n) is 4.45. The van der Waals surface area contributed by atoms with Crippen molar-refractivity contribution in [3.05, 3.63) is 0 Å². The van der Waals surface area contributed by atoms with Gasteiger partial charge in [0.15, 0.2) is 6.10 Å². The number of aliphatic carboxylic acids is 1. The molecule has 4 atom stereocenters. The first-order valence-electron chi connectivity index (χ1n) is 7.04. The van der Waals surface area contributed by atoms with Crippen LogP contribution in [0.4, 0.5) is 0 Å². The summed E-state index contributed by atoms with van der Waals surface area (Å²) in [6.07, 6.45) is 0.855. The lowest BCUT2D eigenvalue weighted by molar-refractivity contribution is -0.156. The summed E-state index contributed by atoms with van der Waals surface area (Å²) in [7, 11) is 0. The summed E-state index contributed by atoms with van der Waals surface area (Å²) in [4.78, 5) is 36.7. The number of piperidine rings is 1. The monoisotopic (exact) mass is 282 g/mol. The highest BCUT2D eigenvalue weighted by Crippen LogP contribution is 2.30. The molecule has 3 saturated heterocycles. The van der Waals surface area contributed by atoms with Crippen molar-refractivity contribution in [1.82, 2.24) is 10.2 Å². The molecular weight excluding hydrogens is 264 g/mol. The number of carboxylic acid groups (broad SMARTS) is 1. The van der Waals surface area contributed by atoms with Crippen LogP contribution in [-0.2, 0) is 19.1 Å². The van der Waals surface area contributed by atoms with Gasteiger partial charge in [-0.05, 0) is 25.7 Å². The SMILES string of the molecule is O=C1NCC2C1CCCN2C(=O)[C@@H]1CC[C@H](C(=O)O)O1. The molecule has 2 N–H and O–H groups in total. The van der Waals surface area contributed by atoms with Crippen LogP contribution < -0.4 is 5.32 Å². The number of rotatable bonds is 2. The summed E-state index contributed by atoms with van der Waals surface area (Å²) in [5, 5.41) is 11.7. The van der Waals surface area contributed by atoms with Crippen LogP contribution in [0.15, 0.2) is 0 Å². The summed E-state index contributed by atoms with van der Waals surface area (Å²) in [5.41, 5.74) is 0. The zero-order chi connectivity index (χ0) is 14.3. The Bertz CT molecular complexity index is 452. The highest BCUT2D eigenvalue weighted by Gasteiger charge is 2.45. The van der Waals surface area contributed by atoms with E-state index < -0.39 is 18.2 Å². The number of hydrogen-bond acceptors (Lipinski definition) is 4. The van der Waals surface area contributed by atoms with E-state index in [9.17, 15) is 14.4 Å². The van der Waals surface area contributed by atoms with Crippen LogP contribution in [0.2, 0.25) is 0 Å². The second kappa shape index (κ2) is 5.05. The molecule has 0 spiro atoms. The summed E-state index contributed by atoms with van der Waals surface area (Å²) >= 11 is 0. The smallest absolute Gasteiger partial charge is 0.332 e. The zero-order valence-corrected chi connectivity index (χ0v) is 11.1. The summed E-state index contributed by atoms with van der Waals surface area (Å²) in [6, 6.07) is -0.101. The fourth-order valence-electron chi connectivity index (χ4n) is 3.41. The molecule has 0 aromatic heterocycles. The first kappa shape index (κ1) is 13.4. The van der Waals surface area contributed by atoms with E-state index in [-0.39, 0.29) is 23.8 Å². The van der Waals surface area contributed by atoms with E-state index in [0.29, 0.717) is 25.9 Å². The third kappa shape index (κ3) is 2.15. The summed E-state index contributed by atoms with van der Waals surface area (Å²) in [6.45, 7) is 1.11. The average molecular weight is 282 g/mol. The Balaban J connectivity index is 1.68. The van der Waals surface area contributed by atoms with Crippen molar-refractivity contribution < 1.29 is 24.2 Å². The van der Waals surface area contributed by atoms with Crippen molar-refractivity contribution in [3.8, 4) is 0 Å². The van der Waals surface area contributed by atoms with Crippen molar-refractivity contribution in [2.24, 2.45) is 5.92 Å². The quantitative estimate of drug-likeness (QED) is 0.702. The van der Waals surface area contributed by atoms with E-state index in [2.05, 4.69) is 5.32 Å². The topological polar surface area (TPSA) is 95.9 Å². The molecule has 2 unspecified atom stereocenters. The fraction of sp³-hybridized carbons (Fsp3) is 0.769. The van der Waals surface area contributed by atoms with Crippen LogP contribution in [0, 0.1) is 5.92 Å². The molecule has 0 aromatic carbocycles. The first-order chi connectivity index (χ1) is 9.58. The van der Waals surface area contributed by atoms with Crippen molar-refractivity contribution in [2.45, 2.75) is 43.9 Å². The molecule has 20 heavy (non-hydrogen) atoms. The van der Waals surface area contributed by atoms with Crippen LogP contribution in [-0.4, -0.2) is 59.1 Å². The summed E-state index contributed by atoms with van der Waals surface area (Å²) < 4.78 is 5.32. The maximum absolute atomic E-state index is 12.5. The molecule has 0 bridgehead atoms. The molecule has 3 aliphatic heterocycles. The van der Waals surface area contributed by atoms with E-state index in [1.807, 2.05) is 0 Å². The second-order valence-electron chi connectivity index (χ2n) is 5.62. The van der Waals surface area contributed by atoms with Gasteiger partial charge in [0.2, 0.25) is 5.91 Å². The molecule has 3 rings (SSSR count). The number of amides is 2. The number of fused-ring (bicyclic) bond motifs is 1. The number of carboxylic acids is 1. The van der Waals surface area contributed by atoms with Crippen molar-refractivity contribution in [1.29, 1.82) is 0 Å². The van der Waals surface area contributed by atoms with E-state index in [0.717, 1.165) is 12.8 Å². The maximum Gasteiger partial charge on any atom is 0.332 e. The summed E-state index contributed by atoms with van der Waals surface area (Å²) in [5.74, 6) is -1.29. The second-order valence-corrected chi connectivity index (χ2v) is 5.62. The number of hydrogen-bond donors (Lipinski definition) is 2. The lowest BCUT2D eigenvalue weighted by Gasteiger charge is -2.37. The van der Waals surface area contributed by atoms with E-state index >= 15 is 0 Å². The van der Waals surface area contributed by atoms with E-state index in [4.69, 9.17) is 9.84 Å². The van der Waals surface area contributed by atoms with E-state index in [1.165, 1.54) is 0 Å². The van der Waals surface area contributed by atoms with Gasteiger partial charge in [-0.15, -0.1) is 0 Å². The molecular formula is C13H18N2O5. The van der Waals surface area contributed by atoms with Gasteiger partial charge >= 0.3 is 5.97 Å². The molecule has 2 amide bonds. The predicted octanol–water partition coefficient (Wildman–Crippen LogP) is -0.644. The van der Waals surface area contributed by atoms with Gasteiger partial charge in [0.1, 0.15) is 6.10 Å². The Hall–Kier alpha value is -1.63. The number of likely N-dealkylation sites (tertiary alicyclic amines) is 1. The van der Waals surface area contributed by atoms with Crippen LogP contribution in [0.1, 0.15) is 25.7 Å². The van der Waals surface area contributed by atoms with Gasteiger partial charge in [0.05, 0.1) is 12.0 Å². The highest BCUT2D eigenvalue weighted by atomic mass is 16.5. The normalized spacial score (nSPS) is 36.6.